The molecule has 0 saturated heterocycles. The van der Waals surface area contributed by atoms with Crippen LogP contribution < -0.4 is 5.73 Å². The fourth-order valence-corrected chi connectivity index (χ4v) is 3.12. The van der Waals surface area contributed by atoms with E-state index in [0.717, 1.165) is 30.8 Å². The predicted molar refractivity (Wildman–Crippen MR) is 74.1 cm³/mol. The van der Waals surface area contributed by atoms with Gasteiger partial charge in [-0.05, 0) is 31.4 Å². The molecule has 0 fully saturated rings. The highest BCUT2D eigenvalue weighted by molar-refractivity contribution is 5.71. The van der Waals surface area contributed by atoms with Crippen molar-refractivity contribution in [2.45, 2.75) is 32.7 Å². The summed E-state index contributed by atoms with van der Waals surface area (Å²) in [5, 5.41) is 0. The van der Waals surface area contributed by atoms with Gasteiger partial charge in [-0.25, -0.2) is 18.2 Å². The number of nitrogens with zero attached hydrogens (tertiary/aromatic N) is 2. The minimum absolute atomic E-state index is 0.158. The highest BCUT2D eigenvalue weighted by atomic mass is 19.2. The van der Waals surface area contributed by atoms with Crippen LogP contribution in [0.3, 0.4) is 0 Å². The molecule has 21 heavy (non-hydrogen) atoms. The van der Waals surface area contributed by atoms with E-state index in [1.165, 1.54) is 0 Å². The third kappa shape index (κ3) is 2.18. The van der Waals surface area contributed by atoms with Crippen LogP contribution in [0.1, 0.15) is 32.1 Å². The second-order valence-corrected chi connectivity index (χ2v) is 5.78. The van der Waals surface area contributed by atoms with Gasteiger partial charge < -0.3 is 10.3 Å². The molecule has 6 heteroatoms. The SMILES string of the molecule is CC1Cc2nc(-c3cc(F)c(F)c(F)c3)c(N)n2C(C)C1. The highest BCUT2D eigenvalue weighted by Gasteiger charge is 2.27. The quantitative estimate of drug-likeness (QED) is 0.815. The first kappa shape index (κ1) is 14.0. The number of nitrogens with two attached hydrogens (primary N) is 1. The molecule has 0 amide bonds. The number of aromatic nitrogens is 2. The monoisotopic (exact) mass is 295 g/mol. The van der Waals surface area contributed by atoms with Crippen molar-refractivity contribution in [2.75, 3.05) is 5.73 Å². The smallest absolute Gasteiger partial charge is 0.194 e. The van der Waals surface area contributed by atoms with Gasteiger partial charge in [0.05, 0.1) is 0 Å². The first-order chi connectivity index (χ1) is 9.88. The Hall–Kier alpha value is -1.98. The molecular formula is C15H16F3N3. The molecule has 3 rings (SSSR count). The maximum Gasteiger partial charge on any atom is 0.194 e. The van der Waals surface area contributed by atoms with Gasteiger partial charge in [-0.1, -0.05) is 6.92 Å². The summed E-state index contributed by atoms with van der Waals surface area (Å²) in [5.41, 5.74) is 6.56. The van der Waals surface area contributed by atoms with Gasteiger partial charge >= 0.3 is 0 Å². The Bertz CT molecular complexity index is 685. The minimum Gasteiger partial charge on any atom is -0.383 e. The summed E-state index contributed by atoms with van der Waals surface area (Å²) in [6, 6.07) is 2.04. The van der Waals surface area contributed by atoms with E-state index in [2.05, 4.69) is 11.9 Å². The van der Waals surface area contributed by atoms with Gasteiger partial charge in [-0.15, -0.1) is 0 Å². The largest absolute Gasteiger partial charge is 0.383 e. The maximum absolute atomic E-state index is 13.4. The topological polar surface area (TPSA) is 43.8 Å². The molecule has 0 aliphatic carbocycles. The molecule has 0 radical (unpaired) electrons. The van der Waals surface area contributed by atoms with E-state index in [9.17, 15) is 13.2 Å². The Morgan fingerprint density at radius 1 is 1.19 bits per heavy atom. The van der Waals surface area contributed by atoms with Gasteiger partial charge in [0.1, 0.15) is 17.3 Å². The fraction of sp³-hybridized carbons (Fsp3) is 0.400. The van der Waals surface area contributed by atoms with Gasteiger partial charge in [0, 0.05) is 18.0 Å². The lowest BCUT2D eigenvalue weighted by atomic mass is 9.95. The minimum atomic E-state index is -1.48. The van der Waals surface area contributed by atoms with Crippen LogP contribution in [0.4, 0.5) is 19.0 Å². The van der Waals surface area contributed by atoms with Gasteiger partial charge in [-0.2, -0.15) is 0 Å². The van der Waals surface area contributed by atoms with Crippen LogP contribution in [-0.4, -0.2) is 9.55 Å². The Morgan fingerprint density at radius 3 is 2.43 bits per heavy atom. The van der Waals surface area contributed by atoms with Crippen molar-refractivity contribution in [3.05, 3.63) is 35.4 Å². The lowest BCUT2D eigenvalue weighted by molar-refractivity contribution is 0.346. The fourth-order valence-electron chi connectivity index (χ4n) is 3.12. The van der Waals surface area contributed by atoms with E-state index in [-0.39, 0.29) is 11.6 Å². The molecule has 0 spiro atoms. The average Bonchev–Trinajstić information content (AvgIpc) is 2.72. The molecule has 2 heterocycles. The summed E-state index contributed by atoms with van der Waals surface area (Å²) in [5.74, 6) is -2.31. The van der Waals surface area contributed by atoms with Gasteiger partial charge in [0.2, 0.25) is 0 Å². The van der Waals surface area contributed by atoms with Crippen molar-refractivity contribution in [1.29, 1.82) is 0 Å². The number of halogens is 3. The van der Waals surface area contributed by atoms with Crippen molar-refractivity contribution < 1.29 is 13.2 Å². The van der Waals surface area contributed by atoms with Crippen molar-refractivity contribution in [3.8, 4) is 11.3 Å². The molecular weight excluding hydrogens is 279 g/mol. The molecule has 1 aromatic carbocycles. The molecule has 0 bridgehead atoms. The Kier molecular flexibility index (Phi) is 3.19. The Balaban J connectivity index is 2.15. The zero-order chi connectivity index (χ0) is 15.3. The number of rotatable bonds is 1. The first-order valence-electron chi connectivity index (χ1n) is 6.90. The average molecular weight is 295 g/mol. The number of hydrogen-bond acceptors (Lipinski definition) is 2. The number of hydrogen-bond donors (Lipinski definition) is 1. The number of benzene rings is 1. The summed E-state index contributed by atoms with van der Waals surface area (Å²) in [7, 11) is 0. The second kappa shape index (κ2) is 4.79. The summed E-state index contributed by atoms with van der Waals surface area (Å²) in [6.07, 6.45) is 1.74. The summed E-state index contributed by atoms with van der Waals surface area (Å²) < 4.78 is 41.7. The lowest BCUT2D eigenvalue weighted by Gasteiger charge is -2.27. The molecule has 1 aromatic heterocycles. The number of anilines is 1. The summed E-state index contributed by atoms with van der Waals surface area (Å²) in [6.45, 7) is 4.16. The molecule has 3 nitrogen and oxygen atoms in total. The standard InChI is InChI=1S/C15H16F3N3/c1-7-3-8(2)21-12(4-7)20-14(15(21)19)9-5-10(16)13(18)11(17)6-9/h5-8H,3-4,19H2,1-2H3. The third-order valence-electron chi connectivity index (χ3n) is 3.99. The zero-order valence-electron chi connectivity index (χ0n) is 11.8. The van der Waals surface area contributed by atoms with E-state index in [1.54, 1.807) is 0 Å². The molecule has 2 aromatic rings. The molecule has 2 atom stereocenters. The zero-order valence-corrected chi connectivity index (χ0v) is 11.8. The first-order valence-corrected chi connectivity index (χ1v) is 6.90. The van der Waals surface area contributed by atoms with Crippen molar-refractivity contribution >= 4 is 5.82 Å². The van der Waals surface area contributed by atoms with Crippen LogP contribution in [0.2, 0.25) is 0 Å². The van der Waals surface area contributed by atoms with E-state index in [1.807, 2.05) is 11.5 Å². The van der Waals surface area contributed by atoms with E-state index < -0.39 is 17.5 Å². The number of imidazole rings is 1. The van der Waals surface area contributed by atoms with Crippen LogP contribution in [0.25, 0.3) is 11.3 Å². The van der Waals surface area contributed by atoms with Gasteiger partial charge in [0.25, 0.3) is 0 Å². The molecule has 112 valence electrons. The highest BCUT2D eigenvalue weighted by Crippen LogP contribution is 2.36. The Labute approximate surface area is 120 Å². The molecule has 2 unspecified atom stereocenters. The van der Waals surface area contributed by atoms with E-state index in [4.69, 9.17) is 5.73 Å². The van der Waals surface area contributed by atoms with Crippen LogP contribution in [0.15, 0.2) is 12.1 Å². The maximum atomic E-state index is 13.4. The van der Waals surface area contributed by atoms with Crippen molar-refractivity contribution in [3.63, 3.8) is 0 Å². The number of fused-ring (bicyclic) bond motifs is 1. The van der Waals surface area contributed by atoms with E-state index in [0.29, 0.717) is 17.4 Å². The molecule has 1 aliphatic rings. The summed E-state index contributed by atoms with van der Waals surface area (Å²) >= 11 is 0. The second-order valence-electron chi connectivity index (χ2n) is 5.78. The summed E-state index contributed by atoms with van der Waals surface area (Å²) in [4.78, 5) is 4.42. The third-order valence-corrected chi connectivity index (χ3v) is 3.99. The van der Waals surface area contributed by atoms with Crippen molar-refractivity contribution in [1.82, 2.24) is 9.55 Å². The predicted octanol–water partition coefficient (Wildman–Crippen LogP) is 3.69. The van der Waals surface area contributed by atoms with Crippen LogP contribution in [0.5, 0.6) is 0 Å². The molecule has 1 aliphatic heterocycles. The van der Waals surface area contributed by atoms with Crippen LogP contribution in [0, 0.1) is 23.4 Å². The van der Waals surface area contributed by atoms with Crippen LogP contribution >= 0.6 is 0 Å². The lowest BCUT2D eigenvalue weighted by Crippen LogP contribution is -2.22. The normalized spacial score (nSPS) is 21.4. The molecule has 0 saturated carbocycles. The van der Waals surface area contributed by atoms with E-state index >= 15 is 0 Å². The number of nitrogen functional groups attached to an aromatic ring is 1. The Morgan fingerprint density at radius 2 is 1.81 bits per heavy atom. The molecule has 2 N–H and O–H groups in total. The van der Waals surface area contributed by atoms with Crippen molar-refractivity contribution in [2.24, 2.45) is 5.92 Å². The van der Waals surface area contributed by atoms with Gasteiger partial charge in [-0.3, -0.25) is 0 Å². The van der Waals surface area contributed by atoms with Crippen LogP contribution in [-0.2, 0) is 6.42 Å². The van der Waals surface area contributed by atoms with Gasteiger partial charge in [0.15, 0.2) is 17.5 Å².